The molecular formula is C22H23ClN2O3. The number of likely N-dealkylation sites (N-methyl/N-ethyl adjacent to an activating group) is 1. The minimum Gasteiger partial charge on any atom is -0.492 e. The summed E-state index contributed by atoms with van der Waals surface area (Å²) in [6.45, 7) is 1.32. The highest BCUT2D eigenvalue weighted by atomic mass is 35.5. The van der Waals surface area contributed by atoms with E-state index in [1.54, 1.807) is 18.4 Å². The summed E-state index contributed by atoms with van der Waals surface area (Å²) in [5, 5.41) is 3.68. The molecule has 146 valence electrons. The molecule has 0 aliphatic rings. The van der Waals surface area contributed by atoms with Crippen molar-refractivity contribution in [2.24, 2.45) is 0 Å². The molecule has 1 atom stereocenters. The lowest BCUT2D eigenvalue weighted by Gasteiger charge is -2.20. The van der Waals surface area contributed by atoms with Gasteiger partial charge in [-0.3, -0.25) is 9.69 Å². The second kappa shape index (κ2) is 9.97. The smallest absolute Gasteiger partial charge is 0.235 e. The van der Waals surface area contributed by atoms with Crippen molar-refractivity contribution in [3.05, 3.63) is 89.3 Å². The molecule has 2 aromatic carbocycles. The first kappa shape index (κ1) is 20.0. The van der Waals surface area contributed by atoms with Crippen LogP contribution in [-0.4, -0.2) is 37.6 Å². The fraction of sp³-hybridized carbons (Fsp3) is 0.227. The number of carbonyl (C=O) groups excluding carboxylic acids is 1. The molecule has 0 bridgehead atoms. The van der Waals surface area contributed by atoms with Crippen molar-refractivity contribution in [3.8, 4) is 5.75 Å². The topological polar surface area (TPSA) is 54.7 Å². The zero-order chi connectivity index (χ0) is 19.8. The van der Waals surface area contributed by atoms with E-state index < -0.39 is 0 Å². The van der Waals surface area contributed by atoms with Gasteiger partial charge in [-0.1, -0.05) is 48.0 Å². The van der Waals surface area contributed by atoms with Gasteiger partial charge < -0.3 is 14.5 Å². The molecule has 6 heteroatoms. The van der Waals surface area contributed by atoms with Crippen molar-refractivity contribution in [3.63, 3.8) is 0 Å². The number of furan rings is 1. The fourth-order valence-electron chi connectivity index (χ4n) is 2.83. The molecule has 0 fully saturated rings. The van der Waals surface area contributed by atoms with E-state index in [1.807, 2.05) is 66.5 Å². The van der Waals surface area contributed by atoms with Gasteiger partial charge in [0.15, 0.2) is 0 Å². The van der Waals surface area contributed by atoms with Gasteiger partial charge in [-0.15, -0.1) is 0 Å². The summed E-state index contributed by atoms with van der Waals surface area (Å²) in [5.41, 5.74) is 0.970. The van der Waals surface area contributed by atoms with Gasteiger partial charge in [-0.2, -0.15) is 0 Å². The molecule has 5 nitrogen and oxygen atoms in total. The zero-order valence-electron chi connectivity index (χ0n) is 15.7. The molecule has 1 N–H and O–H groups in total. The molecule has 1 heterocycles. The Kier molecular flexibility index (Phi) is 7.12. The van der Waals surface area contributed by atoms with E-state index in [0.717, 1.165) is 5.56 Å². The molecule has 0 aliphatic carbocycles. The molecular weight excluding hydrogens is 376 g/mol. The number of hydrogen-bond acceptors (Lipinski definition) is 4. The monoisotopic (exact) mass is 398 g/mol. The molecule has 1 aromatic heterocycles. The molecule has 0 spiro atoms. The predicted molar refractivity (Wildman–Crippen MR) is 110 cm³/mol. The van der Waals surface area contributed by atoms with Crippen molar-refractivity contribution >= 4 is 17.5 Å². The first-order chi connectivity index (χ1) is 13.6. The lowest BCUT2D eigenvalue weighted by atomic mass is 10.0. The number of carbonyl (C=O) groups is 1. The first-order valence-electron chi connectivity index (χ1n) is 9.06. The van der Waals surface area contributed by atoms with Crippen LogP contribution in [0.25, 0.3) is 0 Å². The van der Waals surface area contributed by atoms with Crippen molar-refractivity contribution in [2.75, 3.05) is 26.7 Å². The molecule has 3 rings (SSSR count). The number of amides is 1. The minimum absolute atomic E-state index is 0.0875. The van der Waals surface area contributed by atoms with E-state index in [2.05, 4.69) is 5.32 Å². The van der Waals surface area contributed by atoms with E-state index in [9.17, 15) is 4.79 Å². The Bertz CT molecular complexity index is 869. The van der Waals surface area contributed by atoms with Gasteiger partial charge in [-0.25, -0.2) is 0 Å². The Morgan fingerprint density at radius 3 is 2.68 bits per heavy atom. The maximum Gasteiger partial charge on any atom is 0.235 e. The van der Waals surface area contributed by atoms with E-state index >= 15 is 0 Å². The lowest BCUT2D eigenvalue weighted by Crippen LogP contribution is -2.38. The quantitative estimate of drug-likeness (QED) is 0.588. The summed E-state index contributed by atoms with van der Waals surface area (Å²) in [5.74, 6) is 1.33. The summed E-state index contributed by atoms with van der Waals surface area (Å²) in [6, 6.07) is 20.4. The molecule has 28 heavy (non-hydrogen) atoms. The molecule has 0 saturated heterocycles. The number of rotatable bonds is 9. The van der Waals surface area contributed by atoms with E-state index in [-0.39, 0.29) is 18.5 Å². The summed E-state index contributed by atoms with van der Waals surface area (Å²) in [6.07, 6.45) is 1.61. The normalized spacial score (nSPS) is 12.0. The van der Waals surface area contributed by atoms with Crippen LogP contribution in [0.5, 0.6) is 5.75 Å². The number of hydrogen-bond donors (Lipinski definition) is 1. The van der Waals surface area contributed by atoms with Crippen molar-refractivity contribution < 1.29 is 13.9 Å². The van der Waals surface area contributed by atoms with Crippen LogP contribution in [-0.2, 0) is 4.79 Å². The highest BCUT2D eigenvalue weighted by molar-refractivity contribution is 6.30. The Morgan fingerprint density at radius 2 is 1.96 bits per heavy atom. The van der Waals surface area contributed by atoms with Crippen molar-refractivity contribution in [2.45, 2.75) is 6.04 Å². The zero-order valence-corrected chi connectivity index (χ0v) is 16.4. The number of nitrogens with one attached hydrogen (secondary N) is 1. The van der Waals surface area contributed by atoms with Crippen LogP contribution >= 0.6 is 11.6 Å². The number of nitrogens with zero attached hydrogens (tertiary/aromatic N) is 1. The molecule has 0 aliphatic heterocycles. The number of benzene rings is 2. The van der Waals surface area contributed by atoms with Crippen LogP contribution in [0.1, 0.15) is 17.4 Å². The number of halogens is 1. The van der Waals surface area contributed by atoms with Gasteiger partial charge in [0.1, 0.15) is 24.2 Å². The minimum atomic E-state index is -0.320. The first-order valence-corrected chi connectivity index (χ1v) is 9.44. The van der Waals surface area contributed by atoms with Gasteiger partial charge in [0.25, 0.3) is 0 Å². The third-order valence-corrected chi connectivity index (χ3v) is 4.45. The predicted octanol–water partition coefficient (Wildman–Crippen LogP) is 4.15. The Labute approximate surface area is 169 Å². The standard InChI is InChI=1S/C22H23ClN2O3/c1-25(12-14-27-19-10-5-9-18(23)15-19)16-21(26)24-22(20-11-6-13-28-20)17-7-3-2-4-8-17/h2-11,13,15,22H,12,14,16H2,1H3,(H,24,26). The highest BCUT2D eigenvalue weighted by Crippen LogP contribution is 2.22. The second-order valence-corrected chi connectivity index (χ2v) is 6.91. The summed E-state index contributed by atoms with van der Waals surface area (Å²) in [4.78, 5) is 14.5. The highest BCUT2D eigenvalue weighted by Gasteiger charge is 2.19. The summed E-state index contributed by atoms with van der Waals surface area (Å²) < 4.78 is 11.2. The molecule has 0 radical (unpaired) electrons. The molecule has 1 amide bonds. The van der Waals surface area contributed by atoms with Crippen LogP contribution in [0.2, 0.25) is 5.02 Å². The maximum absolute atomic E-state index is 12.6. The maximum atomic E-state index is 12.6. The van der Waals surface area contributed by atoms with Crippen LogP contribution in [0, 0.1) is 0 Å². The van der Waals surface area contributed by atoms with Crippen molar-refractivity contribution in [1.82, 2.24) is 10.2 Å². The van der Waals surface area contributed by atoms with Crippen LogP contribution in [0.4, 0.5) is 0 Å². The van der Waals surface area contributed by atoms with Gasteiger partial charge in [0.2, 0.25) is 5.91 Å². The largest absolute Gasteiger partial charge is 0.492 e. The van der Waals surface area contributed by atoms with Gasteiger partial charge in [0, 0.05) is 11.6 Å². The third kappa shape index (κ3) is 5.87. The average Bonchev–Trinajstić information content (AvgIpc) is 3.21. The average molecular weight is 399 g/mol. The Balaban J connectivity index is 1.51. The second-order valence-electron chi connectivity index (χ2n) is 6.47. The van der Waals surface area contributed by atoms with Crippen LogP contribution in [0.3, 0.4) is 0 Å². The van der Waals surface area contributed by atoms with E-state index in [4.69, 9.17) is 20.8 Å². The van der Waals surface area contributed by atoms with E-state index in [0.29, 0.717) is 29.7 Å². The van der Waals surface area contributed by atoms with E-state index in [1.165, 1.54) is 0 Å². The van der Waals surface area contributed by atoms with Crippen molar-refractivity contribution in [1.29, 1.82) is 0 Å². The molecule has 0 saturated carbocycles. The summed E-state index contributed by atoms with van der Waals surface area (Å²) >= 11 is 5.95. The fourth-order valence-corrected chi connectivity index (χ4v) is 3.01. The molecule has 1 unspecified atom stereocenters. The Morgan fingerprint density at radius 1 is 1.14 bits per heavy atom. The Hall–Kier alpha value is -2.76. The van der Waals surface area contributed by atoms with Gasteiger partial charge in [0.05, 0.1) is 12.8 Å². The van der Waals surface area contributed by atoms with Crippen LogP contribution < -0.4 is 10.1 Å². The molecule has 3 aromatic rings. The van der Waals surface area contributed by atoms with Gasteiger partial charge >= 0.3 is 0 Å². The lowest BCUT2D eigenvalue weighted by molar-refractivity contribution is -0.122. The van der Waals surface area contributed by atoms with Crippen LogP contribution in [0.15, 0.2) is 77.4 Å². The third-order valence-electron chi connectivity index (χ3n) is 4.22. The number of ether oxygens (including phenoxy) is 1. The SMILES string of the molecule is CN(CCOc1cccc(Cl)c1)CC(=O)NC(c1ccccc1)c1ccco1. The summed E-state index contributed by atoms with van der Waals surface area (Å²) in [7, 11) is 1.88. The van der Waals surface area contributed by atoms with Gasteiger partial charge in [-0.05, 0) is 42.9 Å².